The van der Waals surface area contributed by atoms with Gasteiger partial charge in [-0.1, -0.05) is 0 Å². The molecule has 0 amide bonds. The van der Waals surface area contributed by atoms with Crippen molar-refractivity contribution in [3.8, 4) is 5.75 Å². The number of fused-ring (bicyclic) bond motifs is 1. The molecule has 18 heavy (non-hydrogen) atoms. The topological polar surface area (TPSA) is 39.4 Å². The van der Waals surface area contributed by atoms with E-state index >= 15 is 0 Å². The lowest BCUT2D eigenvalue weighted by molar-refractivity contribution is -0.274. The van der Waals surface area contributed by atoms with Crippen molar-refractivity contribution in [3.63, 3.8) is 0 Å². The summed E-state index contributed by atoms with van der Waals surface area (Å²) >= 11 is 0. The smallest absolute Gasteiger partial charge is 0.402 e. The van der Waals surface area contributed by atoms with Gasteiger partial charge in [0.1, 0.15) is 5.03 Å². The number of alkyl halides is 3. The number of nitrogens with zero attached hydrogens (tertiary/aromatic N) is 3. The highest BCUT2D eigenvalue weighted by molar-refractivity contribution is 8.38. The first-order valence-corrected chi connectivity index (χ1v) is 7.59. The number of aromatic nitrogens is 3. The Balaban J connectivity index is 2.12. The Bertz CT molecular complexity index is 606. The van der Waals surface area contributed by atoms with E-state index in [1.54, 1.807) is 0 Å². The molecule has 0 N–H and O–H groups in total. The summed E-state index contributed by atoms with van der Waals surface area (Å²) in [6.07, 6.45) is 0.257. The maximum absolute atomic E-state index is 12.3. The molecule has 98 valence electrons. The van der Waals surface area contributed by atoms with E-state index in [1.807, 2.05) is 0 Å². The lowest BCUT2D eigenvalue weighted by Crippen LogP contribution is -2.18. The zero-order valence-electron chi connectivity index (χ0n) is 9.44. The standard InChI is InChI=1S/C10H10F3N3OS/c1-18(4-5-18)8-6-7(17-10(11,12)13)9-14-2-3-16(9)15-8/h2-3,6H,4-5H2,1H3. The molecule has 0 bridgehead atoms. The third kappa shape index (κ3) is 2.00. The van der Waals surface area contributed by atoms with Crippen molar-refractivity contribution < 1.29 is 17.9 Å². The van der Waals surface area contributed by atoms with E-state index in [2.05, 4.69) is 21.1 Å². The summed E-state index contributed by atoms with van der Waals surface area (Å²) < 4.78 is 42.4. The molecule has 0 radical (unpaired) electrons. The predicted octanol–water partition coefficient (Wildman–Crippen LogP) is 2.43. The van der Waals surface area contributed by atoms with E-state index in [0.29, 0.717) is 5.03 Å². The molecular weight excluding hydrogens is 267 g/mol. The maximum Gasteiger partial charge on any atom is 0.573 e. The van der Waals surface area contributed by atoms with Crippen LogP contribution in [0, 0.1) is 0 Å². The Hall–Kier alpha value is -1.44. The van der Waals surface area contributed by atoms with Crippen LogP contribution >= 0.6 is 10.0 Å². The normalized spacial score (nSPS) is 19.8. The van der Waals surface area contributed by atoms with E-state index in [9.17, 15) is 13.2 Å². The highest BCUT2D eigenvalue weighted by Gasteiger charge is 2.38. The van der Waals surface area contributed by atoms with Crippen LogP contribution in [0.4, 0.5) is 13.2 Å². The summed E-state index contributed by atoms with van der Waals surface area (Å²) in [5.74, 6) is 1.73. The Morgan fingerprint density at radius 1 is 1.39 bits per heavy atom. The number of hydrogen-bond donors (Lipinski definition) is 0. The molecule has 2 aromatic rings. The van der Waals surface area contributed by atoms with Gasteiger partial charge in [-0.25, -0.2) is 9.50 Å². The molecule has 3 rings (SSSR count). The summed E-state index contributed by atoms with van der Waals surface area (Å²) in [5, 5.41) is 4.99. The summed E-state index contributed by atoms with van der Waals surface area (Å²) in [6, 6.07) is 1.37. The minimum atomic E-state index is -4.72. The summed E-state index contributed by atoms with van der Waals surface area (Å²) in [4.78, 5) is 3.83. The number of rotatable bonds is 2. The molecule has 2 aromatic heterocycles. The molecule has 0 aromatic carbocycles. The minimum absolute atomic E-state index is 0.0831. The van der Waals surface area contributed by atoms with Crippen LogP contribution in [0.2, 0.25) is 0 Å². The second-order valence-electron chi connectivity index (χ2n) is 4.27. The monoisotopic (exact) mass is 277 g/mol. The van der Waals surface area contributed by atoms with Gasteiger partial charge in [-0.05, 0) is 17.8 Å². The lowest BCUT2D eigenvalue weighted by Gasteiger charge is -2.16. The van der Waals surface area contributed by atoms with Gasteiger partial charge in [0.15, 0.2) is 11.4 Å². The fraction of sp³-hybridized carbons (Fsp3) is 0.400. The average molecular weight is 277 g/mol. The lowest BCUT2D eigenvalue weighted by atomic mass is 10.5. The van der Waals surface area contributed by atoms with Gasteiger partial charge in [0.05, 0.1) is 0 Å². The van der Waals surface area contributed by atoms with Crippen molar-refractivity contribution >= 4 is 15.7 Å². The first-order valence-electron chi connectivity index (χ1n) is 5.21. The third-order valence-electron chi connectivity index (χ3n) is 2.85. The Morgan fingerprint density at radius 2 is 2.11 bits per heavy atom. The number of ether oxygens (including phenoxy) is 1. The minimum Gasteiger partial charge on any atom is -0.402 e. The molecule has 0 spiro atoms. The van der Waals surface area contributed by atoms with Crippen LogP contribution in [0.15, 0.2) is 23.5 Å². The van der Waals surface area contributed by atoms with Crippen LogP contribution in [0.3, 0.4) is 0 Å². The second-order valence-corrected chi connectivity index (χ2v) is 8.06. The van der Waals surface area contributed by atoms with Gasteiger partial charge in [-0.2, -0.15) is 15.1 Å². The van der Waals surface area contributed by atoms with Crippen LogP contribution in [0.1, 0.15) is 0 Å². The molecule has 3 heterocycles. The van der Waals surface area contributed by atoms with Crippen LogP contribution in [0.25, 0.3) is 5.65 Å². The summed E-state index contributed by atoms with van der Waals surface area (Å²) in [7, 11) is -1.01. The fourth-order valence-electron chi connectivity index (χ4n) is 1.64. The van der Waals surface area contributed by atoms with Crippen LogP contribution in [0.5, 0.6) is 5.75 Å². The highest BCUT2D eigenvalue weighted by Crippen LogP contribution is 2.64. The molecule has 1 aliphatic rings. The zero-order valence-corrected chi connectivity index (χ0v) is 10.3. The molecule has 0 unspecified atom stereocenters. The molecule has 0 saturated carbocycles. The zero-order chi connectivity index (χ0) is 13.0. The van der Waals surface area contributed by atoms with Crippen LogP contribution < -0.4 is 4.74 Å². The number of hydrogen-bond acceptors (Lipinski definition) is 3. The molecule has 4 nitrogen and oxygen atoms in total. The van der Waals surface area contributed by atoms with Crippen molar-refractivity contribution in [2.45, 2.75) is 11.4 Å². The van der Waals surface area contributed by atoms with Crippen molar-refractivity contribution in [2.24, 2.45) is 0 Å². The summed E-state index contributed by atoms with van der Waals surface area (Å²) in [6.45, 7) is 0. The van der Waals surface area contributed by atoms with Gasteiger partial charge in [0.2, 0.25) is 0 Å². The molecule has 8 heteroatoms. The van der Waals surface area contributed by atoms with E-state index in [-0.39, 0.29) is 11.4 Å². The first-order chi connectivity index (χ1) is 8.37. The molecular formula is C10H10F3N3OS. The number of halogens is 3. The van der Waals surface area contributed by atoms with Gasteiger partial charge in [-0.3, -0.25) is 0 Å². The van der Waals surface area contributed by atoms with Crippen molar-refractivity contribution in [1.29, 1.82) is 0 Å². The Morgan fingerprint density at radius 3 is 2.72 bits per heavy atom. The van der Waals surface area contributed by atoms with E-state index < -0.39 is 16.4 Å². The summed E-state index contributed by atoms with van der Waals surface area (Å²) in [5.41, 5.74) is 0.0831. The molecule has 0 atom stereocenters. The van der Waals surface area contributed by atoms with Crippen molar-refractivity contribution in [1.82, 2.24) is 14.6 Å². The second kappa shape index (κ2) is 3.53. The Labute approximate surface area is 102 Å². The van der Waals surface area contributed by atoms with Gasteiger partial charge >= 0.3 is 6.36 Å². The predicted molar refractivity (Wildman–Crippen MR) is 61.2 cm³/mol. The van der Waals surface area contributed by atoms with Crippen LogP contribution in [-0.4, -0.2) is 38.7 Å². The maximum atomic E-state index is 12.3. The van der Waals surface area contributed by atoms with E-state index in [1.165, 1.54) is 23.0 Å². The molecule has 0 aliphatic carbocycles. The first kappa shape index (κ1) is 11.6. The Kier molecular flexibility index (Phi) is 2.28. The molecule has 1 saturated heterocycles. The van der Waals surface area contributed by atoms with E-state index in [0.717, 1.165) is 11.5 Å². The van der Waals surface area contributed by atoms with Gasteiger partial charge in [0, 0.05) is 18.5 Å². The number of imidazole rings is 1. The fourth-order valence-corrected chi connectivity index (χ4v) is 3.74. The van der Waals surface area contributed by atoms with Gasteiger partial charge in [0.25, 0.3) is 0 Å². The largest absolute Gasteiger partial charge is 0.573 e. The SMILES string of the molecule is CS1(c2cc(OC(F)(F)F)c3nccn3n2)CC1. The highest BCUT2D eigenvalue weighted by atomic mass is 32.3. The average Bonchev–Trinajstić information content (AvgIpc) is 2.84. The quantitative estimate of drug-likeness (QED) is 0.791. The van der Waals surface area contributed by atoms with Crippen LogP contribution in [-0.2, 0) is 0 Å². The van der Waals surface area contributed by atoms with Crippen molar-refractivity contribution in [2.75, 3.05) is 17.8 Å². The molecule has 1 fully saturated rings. The van der Waals surface area contributed by atoms with Gasteiger partial charge < -0.3 is 4.74 Å². The molecule has 1 aliphatic heterocycles. The third-order valence-corrected chi connectivity index (χ3v) is 5.69. The van der Waals surface area contributed by atoms with Crippen molar-refractivity contribution in [3.05, 3.63) is 18.5 Å². The van der Waals surface area contributed by atoms with Gasteiger partial charge in [-0.15, -0.1) is 13.2 Å². The van der Waals surface area contributed by atoms with E-state index in [4.69, 9.17) is 0 Å².